The van der Waals surface area contributed by atoms with Crippen LogP contribution in [0.2, 0.25) is 0 Å². The number of anilines is 2. The first kappa shape index (κ1) is 21.9. The van der Waals surface area contributed by atoms with Crippen LogP contribution in [0.15, 0.2) is 77.7 Å². The number of carbonyl (C=O) groups is 1. The third kappa shape index (κ3) is 5.02. The summed E-state index contributed by atoms with van der Waals surface area (Å²) in [5.41, 5.74) is 2.29. The second-order valence-corrected chi connectivity index (χ2v) is 8.65. The first-order valence-corrected chi connectivity index (χ1v) is 10.8. The lowest BCUT2D eigenvalue weighted by Crippen LogP contribution is -2.26. The number of amides is 1. The highest BCUT2D eigenvalue weighted by Gasteiger charge is 2.21. The lowest BCUT2D eigenvalue weighted by Gasteiger charge is -2.20. The van der Waals surface area contributed by atoms with Gasteiger partial charge >= 0.3 is 0 Å². The van der Waals surface area contributed by atoms with Crippen LogP contribution in [0.1, 0.15) is 15.9 Å². The van der Waals surface area contributed by atoms with Gasteiger partial charge in [0, 0.05) is 18.3 Å². The van der Waals surface area contributed by atoms with Gasteiger partial charge < -0.3 is 10.1 Å². The van der Waals surface area contributed by atoms with E-state index in [2.05, 4.69) is 11.4 Å². The minimum absolute atomic E-state index is 0.137. The number of nitriles is 1. The highest BCUT2D eigenvalue weighted by molar-refractivity contribution is 7.92. The van der Waals surface area contributed by atoms with Gasteiger partial charge in [-0.1, -0.05) is 12.1 Å². The van der Waals surface area contributed by atoms with Crippen LogP contribution in [0.4, 0.5) is 11.4 Å². The molecule has 1 amide bonds. The van der Waals surface area contributed by atoms with Crippen molar-refractivity contribution < 1.29 is 17.9 Å². The predicted octanol–water partition coefficient (Wildman–Crippen LogP) is 3.84. The molecular weight excluding hydrogens is 414 g/mol. The number of carbonyl (C=O) groups excluding carboxylic acids is 1. The van der Waals surface area contributed by atoms with Gasteiger partial charge in [-0.3, -0.25) is 9.10 Å². The van der Waals surface area contributed by atoms with Gasteiger partial charge in [0.2, 0.25) is 0 Å². The normalized spacial score (nSPS) is 10.7. The molecule has 0 aliphatic carbocycles. The number of hydrogen-bond acceptors (Lipinski definition) is 5. The maximum absolute atomic E-state index is 12.9. The van der Waals surface area contributed by atoms with Gasteiger partial charge in [-0.05, 0) is 66.2 Å². The van der Waals surface area contributed by atoms with E-state index in [4.69, 9.17) is 10.00 Å². The molecule has 0 saturated heterocycles. The van der Waals surface area contributed by atoms with Crippen molar-refractivity contribution in [3.8, 4) is 11.8 Å². The Morgan fingerprint density at radius 3 is 2.16 bits per heavy atom. The average molecular weight is 436 g/mol. The fraction of sp³-hybridized carbons (Fsp3) is 0.130. The molecule has 0 unspecified atom stereocenters. The zero-order valence-corrected chi connectivity index (χ0v) is 17.9. The second kappa shape index (κ2) is 9.32. The van der Waals surface area contributed by atoms with Crippen LogP contribution in [0, 0.1) is 11.3 Å². The van der Waals surface area contributed by atoms with E-state index in [-0.39, 0.29) is 10.8 Å². The Kier molecular flexibility index (Phi) is 6.58. The molecule has 0 bridgehead atoms. The quantitative estimate of drug-likeness (QED) is 0.608. The number of ether oxygens (including phenoxy) is 1. The maximum Gasteiger partial charge on any atom is 0.264 e. The number of sulfonamides is 1. The molecule has 0 heterocycles. The van der Waals surface area contributed by atoms with Gasteiger partial charge in [-0.25, -0.2) is 8.42 Å². The van der Waals surface area contributed by atoms with Gasteiger partial charge in [0.25, 0.3) is 15.9 Å². The summed E-state index contributed by atoms with van der Waals surface area (Å²) in [6.07, 6.45) is 0.308. The Balaban J connectivity index is 1.72. The van der Waals surface area contributed by atoms with Crippen LogP contribution >= 0.6 is 0 Å². The summed E-state index contributed by atoms with van der Waals surface area (Å²) >= 11 is 0. The summed E-state index contributed by atoms with van der Waals surface area (Å²) in [5.74, 6) is 0.247. The van der Waals surface area contributed by atoms with Crippen LogP contribution in [0.25, 0.3) is 0 Å². The largest absolute Gasteiger partial charge is 0.497 e. The Morgan fingerprint density at radius 2 is 1.61 bits per heavy atom. The summed E-state index contributed by atoms with van der Waals surface area (Å²) < 4.78 is 31.9. The highest BCUT2D eigenvalue weighted by Crippen LogP contribution is 2.24. The molecule has 3 aromatic rings. The summed E-state index contributed by atoms with van der Waals surface area (Å²) in [6, 6.07) is 21.5. The first-order chi connectivity index (χ1) is 14.8. The van der Waals surface area contributed by atoms with Gasteiger partial charge in [-0.2, -0.15) is 5.26 Å². The molecule has 31 heavy (non-hydrogen) atoms. The Labute approximate surface area is 181 Å². The second-order valence-electron chi connectivity index (χ2n) is 6.68. The van der Waals surface area contributed by atoms with Crippen LogP contribution in [-0.2, 0) is 16.4 Å². The van der Waals surface area contributed by atoms with Crippen molar-refractivity contribution in [3.05, 3.63) is 83.9 Å². The molecule has 3 aromatic carbocycles. The lowest BCUT2D eigenvalue weighted by molar-refractivity contribution is 0.102. The molecule has 0 radical (unpaired) electrons. The van der Waals surface area contributed by atoms with Crippen molar-refractivity contribution in [1.29, 1.82) is 5.26 Å². The summed E-state index contributed by atoms with van der Waals surface area (Å²) in [4.78, 5) is 12.6. The van der Waals surface area contributed by atoms with Crippen LogP contribution in [0.5, 0.6) is 5.75 Å². The van der Waals surface area contributed by atoms with E-state index in [0.717, 1.165) is 9.87 Å². The topological polar surface area (TPSA) is 99.5 Å². The average Bonchev–Trinajstić information content (AvgIpc) is 2.80. The number of benzene rings is 3. The first-order valence-electron chi connectivity index (χ1n) is 9.35. The van der Waals surface area contributed by atoms with Gasteiger partial charge in [0.05, 0.1) is 30.2 Å². The molecule has 0 aromatic heterocycles. The van der Waals surface area contributed by atoms with Crippen molar-refractivity contribution in [2.24, 2.45) is 0 Å². The summed E-state index contributed by atoms with van der Waals surface area (Å²) in [7, 11) is -0.786. The third-order valence-electron chi connectivity index (χ3n) is 4.71. The minimum atomic E-state index is -3.75. The molecule has 0 saturated carbocycles. The molecule has 1 N–H and O–H groups in total. The molecule has 0 spiro atoms. The molecule has 0 atom stereocenters. The number of methoxy groups -OCH3 is 1. The van der Waals surface area contributed by atoms with Gasteiger partial charge in [-0.15, -0.1) is 0 Å². The minimum Gasteiger partial charge on any atom is -0.497 e. The Bertz CT molecular complexity index is 1200. The fourth-order valence-electron chi connectivity index (χ4n) is 2.87. The zero-order chi connectivity index (χ0) is 22.4. The van der Waals surface area contributed by atoms with Crippen LogP contribution in [-0.4, -0.2) is 28.5 Å². The van der Waals surface area contributed by atoms with E-state index < -0.39 is 10.0 Å². The SMILES string of the molecule is COc1ccc(S(=O)(=O)N(C)c2ccc(C(=O)Nc3ccc(CC#N)cc3)cc2)cc1. The molecule has 3 rings (SSSR count). The number of nitrogens with one attached hydrogen (secondary N) is 1. The highest BCUT2D eigenvalue weighted by atomic mass is 32.2. The predicted molar refractivity (Wildman–Crippen MR) is 119 cm³/mol. The van der Waals surface area contributed by atoms with Crippen molar-refractivity contribution in [3.63, 3.8) is 0 Å². The van der Waals surface area contributed by atoms with E-state index in [0.29, 0.717) is 29.1 Å². The van der Waals surface area contributed by atoms with Crippen molar-refractivity contribution in [2.45, 2.75) is 11.3 Å². The maximum atomic E-state index is 12.9. The molecule has 0 fully saturated rings. The van der Waals surface area contributed by atoms with E-state index in [1.807, 2.05) is 0 Å². The molecule has 7 nitrogen and oxygen atoms in total. The third-order valence-corrected chi connectivity index (χ3v) is 6.51. The van der Waals surface area contributed by atoms with Crippen molar-refractivity contribution >= 4 is 27.3 Å². The van der Waals surface area contributed by atoms with Crippen LogP contribution in [0.3, 0.4) is 0 Å². The fourth-order valence-corrected chi connectivity index (χ4v) is 4.06. The summed E-state index contributed by atoms with van der Waals surface area (Å²) in [5, 5.41) is 11.5. The van der Waals surface area contributed by atoms with Crippen LogP contribution < -0.4 is 14.4 Å². The smallest absolute Gasteiger partial charge is 0.264 e. The van der Waals surface area contributed by atoms with E-state index in [1.165, 1.54) is 26.3 Å². The molecule has 0 aliphatic rings. The standard InChI is InChI=1S/C23H21N3O4S/c1-26(31(28,29)22-13-11-21(30-2)12-14-22)20-9-5-18(6-10-20)23(27)25-19-7-3-17(4-8-19)15-16-24/h3-14H,15H2,1-2H3,(H,25,27). The van der Waals surface area contributed by atoms with E-state index >= 15 is 0 Å². The summed E-state index contributed by atoms with van der Waals surface area (Å²) in [6.45, 7) is 0. The van der Waals surface area contributed by atoms with Gasteiger partial charge in [0.1, 0.15) is 5.75 Å². The number of rotatable bonds is 7. The lowest BCUT2D eigenvalue weighted by atomic mass is 10.1. The monoisotopic (exact) mass is 435 g/mol. The number of nitrogens with zero attached hydrogens (tertiary/aromatic N) is 2. The Hall–Kier alpha value is -3.83. The van der Waals surface area contributed by atoms with Crippen molar-refractivity contribution in [1.82, 2.24) is 0 Å². The van der Waals surface area contributed by atoms with E-state index in [1.54, 1.807) is 60.7 Å². The van der Waals surface area contributed by atoms with Crippen molar-refractivity contribution in [2.75, 3.05) is 23.8 Å². The molecule has 158 valence electrons. The number of hydrogen-bond donors (Lipinski definition) is 1. The van der Waals surface area contributed by atoms with Gasteiger partial charge in [0.15, 0.2) is 0 Å². The van der Waals surface area contributed by atoms with E-state index in [9.17, 15) is 13.2 Å². The molecular formula is C23H21N3O4S. The Morgan fingerprint density at radius 1 is 1.00 bits per heavy atom. The molecule has 0 aliphatic heterocycles. The zero-order valence-electron chi connectivity index (χ0n) is 17.1. The molecule has 8 heteroatoms.